The van der Waals surface area contributed by atoms with Gasteiger partial charge in [0, 0.05) is 12.5 Å². The Kier molecular flexibility index (Phi) is 4.01. The van der Waals surface area contributed by atoms with Crippen LogP contribution in [0.25, 0.3) is 0 Å². The summed E-state index contributed by atoms with van der Waals surface area (Å²) in [5.74, 6) is 3.39. The SMILES string of the molecule is C#CCCC(N)C1CCC(C)(C)CC1. The fraction of sp³-hybridized carbons (Fsp3) is 0.846. The standard InChI is InChI=1S/C13H23N/c1-4-5-6-12(14)11-7-9-13(2,3)10-8-11/h1,11-12H,5-10,14H2,2-3H3. The number of hydrogen-bond donors (Lipinski definition) is 1. The van der Waals surface area contributed by atoms with Crippen LogP contribution in [0.5, 0.6) is 0 Å². The summed E-state index contributed by atoms with van der Waals surface area (Å²) >= 11 is 0. The molecule has 1 rings (SSSR count). The minimum atomic E-state index is 0.335. The Morgan fingerprint density at radius 1 is 1.43 bits per heavy atom. The van der Waals surface area contributed by atoms with Gasteiger partial charge in [0.2, 0.25) is 0 Å². The zero-order valence-corrected chi connectivity index (χ0v) is 9.55. The van der Waals surface area contributed by atoms with Crippen LogP contribution in [0, 0.1) is 23.7 Å². The van der Waals surface area contributed by atoms with Gasteiger partial charge in [-0.2, -0.15) is 0 Å². The van der Waals surface area contributed by atoms with Crippen molar-refractivity contribution in [2.75, 3.05) is 0 Å². The van der Waals surface area contributed by atoms with Crippen LogP contribution >= 0.6 is 0 Å². The van der Waals surface area contributed by atoms with Crippen molar-refractivity contribution in [1.82, 2.24) is 0 Å². The monoisotopic (exact) mass is 193 g/mol. The first-order valence-electron chi connectivity index (χ1n) is 5.74. The number of nitrogens with two attached hydrogens (primary N) is 1. The largest absolute Gasteiger partial charge is 0.327 e. The highest BCUT2D eigenvalue weighted by atomic mass is 14.6. The summed E-state index contributed by atoms with van der Waals surface area (Å²) in [6.45, 7) is 4.71. The summed E-state index contributed by atoms with van der Waals surface area (Å²) in [5, 5.41) is 0. The lowest BCUT2D eigenvalue weighted by Gasteiger charge is -2.36. The molecule has 1 heteroatoms. The highest BCUT2D eigenvalue weighted by Crippen LogP contribution is 2.39. The summed E-state index contributed by atoms with van der Waals surface area (Å²) in [6.07, 6.45) is 12.3. The lowest BCUT2D eigenvalue weighted by atomic mass is 9.71. The van der Waals surface area contributed by atoms with E-state index in [1.54, 1.807) is 0 Å². The summed E-state index contributed by atoms with van der Waals surface area (Å²) < 4.78 is 0. The van der Waals surface area contributed by atoms with Gasteiger partial charge >= 0.3 is 0 Å². The molecule has 0 radical (unpaired) electrons. The van der Waals surface area contributed by atoms with E-state index in [2.05, 4.69) is 19.8 Å². The topological polar surface area (TPSA) is 26.0 Å². The summed E-state index contributed by atoms with van der Waals surface area (Å²) in [6, 6.07) is 0.335. The van der Waals surface area contributed by atoms with Crippen LogP contribution in [0.15, 0.2) is 0 Å². The first kappa shape index (κ1) is 11.6. The molecule has 14 heavy (non-hydrogen) atoms. The summed E-state index contributed by atoms with van der Waals surface area (Å²) in [7, 11) is 0. The number of rotatable bonds is 3. The Hall–Kier alpha value is -0.480. The van der Waals surface area contributed by atoms with Gasteiger partial charge in [0.1, 0.15) is 0 Å². The van der Waals surface area contributed by atoms with Crippen LogP contribution in [-0.2, 0) is 0 Å². The third-order valence-electron chi connectivity index (χ3n) is 3.61. The summed E-state index contributed by atoms with van der Waals surface area (Å²) in [4.78, 5) is 0. The van der Waals surface area contributed by atoms with Crippen LogP contribution in [-0.4, -0.2) is 6.04 Å². The smallest absolute Gasteiger partial charge is 0.0101 e. The number of terminal acetylenes is 1. The Morgan fingerprint density at radius 3 is 2.50 bits per heavy atom. The van der Waals surface area contributed by atoms with Crippen LogP contribution in [0.1, 0.15) is 52.4 Å². The molecule has 0 aromatic heterocycles. The van der Waals surface area contributed by atoms with Gasteiger partial charge in [-0.25, -0.2) is 0 Å². The molecule has 2 N–H and O–H groups in total. The molecule has 0 amide bonds. The van der Waals surface area contributed by atoms with Crippen molar-refractivity contribution in [3.8, 4) is 12.3 Å². The van der Waals surface area contributed by atoms with Gasteiger partial charge in [0.05, 0.1) is 0 Å². The Labute approximate surface area is 88.5 Å². The first-order valence-corrected chi connectivity index (χ1v) is 5.74. The molecule has 1 saturated carbocycles. The highest BCUT2D eigenvalue weighted by Gasteiger charge is 2.29. The lowest BCUT2D eigenvalue weighted by Crippen LogP contribution is -2.34. The maximum Gasteiger partial charge on any atom is 0.0101 e. The van der Waals surface area contributed by atoms with Gasteiger partial charge in [-0.3, -0.25) is 0 Å². The fourth-order valence-electron chi connectivity index (χ4n) is 2.34. The predicted octanol–water partition coefficient (Wildman–Crippen LogP) is 2.94. The van der Waals surface area contributed by atoms with E-state index in [4.69, 9.17) is 12.2 Å². The third kappa shape index (κ3) is 3.35. The first-order chi connectivity index (χ1) is 6.55. The molecule has 1 atom stereocenters. The average Bonchev–Trinajstić information content (AvgIpc) is 2.14. The van der Waals surface area contributed by atoms with Gasteiger partial charge < -0.3 is 5.73 Å². The molecule has 1 aliphatic carbocycles. The van der Waals surface area contributed by atoms with Gasteiger partial charge in [-0.15, -0.1) is 12.3 Å². The maximum absolute atomic E-state index is 6.13. The molecule has 1 unspecified atom stereocenters. The van der Waals surface area contributed by atoms with Crippen molar-refractivity contribution in [2.24, 2.45) is 17.1 Å². The van der Waals surface area contributed by atoms with Crippen molar-refractivity contribution in [3.05, 3.63) is 0 Å². The molecule has 1 aliphatic rings. The van der Waals surface area contributed by atoms with E-state index in [0.717, 1.165) is 18.8 Å². The van der Waals surface area contributed by atoms with Crippen LogP contribution in [0.4, 0.5) is 0 Å². The van der Waals surface area contributed by atoms with Gasteiger partial charge in [0.15, 0.2) is 0 Å². The normalized spacial score (nSPS) is 24.1. The third-order valence-corrected chi connectivity index (χ3v) is 3.61. The van der Waals surface area contributed by atoms with Crippen LogP contribution < -0.4 is 5.73 Å². The Balaban J connectivity index is 2.31. The van der Waals surface area contributed by atoms with Crippen molar-refractivity contribution < 1.29 is 0 Å². The second-order valence-electron chi connectivity index (χ2n) is 5.41. The molecular weight excluding hydrogens is 170 g/mol. The van der Waals surface area contributed by atoms with E-state index in [9.17, 15) is 0 Å². The van der Waals surface area contributed by atoms with Gasteiger partial charge in [-0.1, -0.05) is 13.8 Å². The minimum Gasteiger partial charge on any atom is -0.327 e. The van der Waals surface area contributed by atoms with Crippen LogP contribution in [0.2, 0.25) is 0 Å². The highest BCUT2D eigenvalue weighted by molar-refractivity contribution is 4.88. The van der Waals surface area contributed by atoms with Crippen molar-refractivity contribution >= 4 is 0 Å². The molecule has 0 saturated heterocycles. The quantitative estimate of drug-likeness (QED) is 0.685. The second-order valence-corrected chi connectivity index (χ2v) is 5.41. The van der Waals surface area contributed by atoms with E-state index in [-0.39, 0.29) is 0 Å². The van der Waals surface area contributed by atoms with Crippen LogP contribution in [0.3, 0.4) is 0 Å². The molecule has 1 nitrogen and oxygen atoms in total. The minimum absolute atomic E-state index is 0.335. The van der Waals surface area contributed by atoms with Crippen molar-refractivity contribution in [1.29, 1.82) is 0 Å². The molecule has 0 bridgehead atoms. The molecule has 80 valence electrons. The molecule has 0 heterocycles. The van der Waals surface area contributed by atoms with Gasteiger partial charge in [-0.05, 0) is 43.4 Å². The molecule has 0 aromatic carbocycles. The molecule has 0 spiro atoms. The average molecular weight is 193 g/mol. The number of hydrogen-bond acceptors (Lipinski definition) is 1. The molecular formula is C13H23N. The van der Waals surface area contributed by atoms with E-state index in [1.165, 1.54) is 25.7 Å². The van der Waals surface area contributed by atoms with Crippen molar-refractivity contribution in [2.45, 2.75) is 58.4 Å². The lowest BCUT2D eigenvalue weighted by molar-refractivity contribution is 0.171. The predicted molar refractivity (Wildman–Crippen MR) is 61.8 cm³/mol. The maximum atomic E-state index is 6.13. The van der Waals surface area contributed by atoms with Gasteiger partial charge in [0.25, 0.3) is 0 Å². The summed E-state index contributed by atoms with van der Waals surface area (Å²) in [5.41, 5.74) is 6.67. The zero-order chi connectivity index (χ0) is 10.6. The Morgan fingerprint density at radius 2 is 2.00 bits per heavy atom. The van der Waals surface area contributed by atoms with Crippen molar-refractivity contribution in [3.63, 3.8) is 0 Å². The van der Waals surface area contributed by atoms with E-state index in [0.29, 0.717) is 11.5 Å². The van der Waals surface area contributed by atoms with E-state index >= 15 is 0 Å². The molecule has 0 aromatic rings. The second kappa shape index (κ2) is 4.84. The fourth-order valence-corrected chi connectivity index (χ4v) is 2.34. The zero-order valence-electron chi connectivity index (χ0n) is 9.55. The molecule has 1 fully saturated rings. The van der Waals surface area contributed by atoms with E-state index < -0.39 is 0 Å². The Bertz CT molecular complexity index is 202. The molecule has 0 aliphatic heterocycles. The van der Waals surface area contributed by atoms with E-state index in [1.807, 2.05) is 0 Å².